The van der Waals surface area contributed by atoms with Gasteiger partial charge in [-0.15, -0.1) is 0 Å². The summed E-state index contributed by atoms with van der Waals surface area (Å²) >= 11 is 0. The van der Waals surface area contributed by atoms with Crippen LogP contribution in [0.5, 0.6) is 0 Å². The van der Waals surface area contributed by atoms with E-state index in [1.165, 1.54) is 0 Å². The predicted octanol–water partition coefficient (Wildman–Crippen LogP) is 1.03. The number of oxime groups is 1. The van der Waals surface area contributed by atoms with E-state index in [2.05, 4.69) is 15.5 Å². The molecule has 6 heteroatoms. The van der Waals surface area contributed by atoms with Gasteiger partial charge >= 0.3 is 0 Å². The molecule has 19 heavy (non-hydrogen) atoms. The van der Waals surface area contributed by atoms with Crippen molar-refractivity contribution >= 4 is 11.7 Å². The molecule has 2 unspecified atom stereocenters. The van der Waals surface area contributed by atoms with Gasteiger partial charge in [0.25, 0.3) is 5.91 Å². The molecule has 102 valence electrons. The van der Waals surface area contributed by atoms with Crippen molar-refractivity contribution < 1.29 is 10.0 Å². The normalized spacial score (nSPS) is 23.3. The van der Waals surface area contributed by atoms with Crippen LogP contribution in [0.2, 0.25) is 0 Å². The molecule has 1 aromatic rings. The maximum Gasteiger partial charge on any atom is 0.251 e. The Morgan fingerprint density at radius 1 is 1.58 bits per heavy atom. The number of hydrogen-bond donors (Lipinski definition) is 3. The molecular weight excluding hydrogens is 244 g/mol. The first-order chi connectivity index (χ1) is 9.11. The molecule has 1 fully saturated rings. The number of carbonyl (C=O) groups is 1. The molecule has 0 aromatic carbocycles. The summed E-state index contributed by atoms with van der Waals surface area (Å²) in [6, 6.07) is 3.34. The second-order valence-electron chi connectivity index (χ2n) is 4.83. The van der Waals surface area contributed by atoms with E-state index in [1.54, 1.807) is 18.3 Å². The first-order valence-corrected chi connectivity index (χ1v) is 6.32. The fourth-order valence-electron chi connectivity index (χ4n) is 2.50. The monoisotopic (exact) mass is 262 g/mol. The Bertz CT molecular complexity index is 501. The number of hydrogen-bond acceptors (Lipinski definition) is 4. The third-order valence-corrected chi connectivity index (χ3v) is 3.49. The van der Waals surface area contributed by atoms with Crippen LogP contribution in [0.25, 0.3) is 0 Å². The fraction of sp³-hybridized carbons (Fsp3) is 0.462. The molecule has 0 spiro atoms. The van der Waals surface area contributed by atoms with Gasteiger partial charge in [0.1, 0.15) is 5.84 Å². The highest BCUT2D eigenvalue weighted by atomic mass is 16.4. The zero-order valence-electron chi connectivity index (χ0n) is 10.8. The lowest BCUT2D eigenvalue weighted by Crippen LogP contribution is -2.42. The molecule has 0 radical (unpaired) electrons. The Balaban J connectivity index is 2.06. The third kappa shape index (κ3) is 3.01. The van der Waals surface area contributed by atoms with Gasteiger partial charge in [0.05, 0.1) is 0 Å². The Morgan fingerprint density at radius 3 is 3.05 bits per heavy atom. The van der Waals surface area contributed by atoms with Gasteiger partial charge in [-0.05, 0) is 31.9 Å². The summed E-state index contributed by atoms with van der Waals surface area (Å²) in [6.45, 7) is 1.84. The summed E-state index contributed by atoms with van der Waals surface area (Å²) in [6.07, 6.45) is 4.24. The van der Waals surface area contributed by atoms with Gasteiger partial charge < -0.3 is 16.3 Å². The molecule has 0 aliphatic heterocycles. The molecule has 1 saturated carbocycles. The zero-order chi connectivity index (χ0) is 13.8. The van der Waals surface area contributed by atoms with Gasteiger partial charge in [-0.3, -0.25) is 9.78 Å². The number of carbonyl (C=O) groups excluding carboxylic acids is 1. The Kier molecular flexibility index (Phi) is 3.99. The van der Waals surface area contributed by atoms with Crippen molar-refractivity contribution in [3.63, 3.8) is 0 Å². The predicted molar refractivity (Wildman–Crippen MR) is 71.0 cm³/mol. The molecule has 1 aromatic heterocycles. The maximum atomic E-state index is 12.1. The largest absolute Gasteiger partial charge is 0.409 e. The molecule has 1 aliphatic rings. The summed E-state index contributed by atoms with van der Waals surface area (Å²) in [5.74, 6) is -0.0428. The van der Waals surface area contributed by atoms with Crippen LogP contribution in [0.15, 0.2) is 23.5 Å². The van der Waals surface area contributed by atoms with Crippen molar-refractivity contribution in [2.45, 2.75) is 32.2 Å². The number of aryl methyl sites for hydroxylation is 1. The van der Waals surface area contributed by atoms with Crippen LogP contribution >= 0.6 is 0 Å². The van der Waals surface area contributed by atoms with Crippen LogP contribution in [0, 0.1) is 12.8 Å². The van der Waals surface area contributed by atoms with Crippen molar-refractivity contribution in [1.29, 1.82) is 0 Å². The molecule has 1 amide bonds. The number of aromatic nitrogens is 1. The molecule has 2 rings (SSSR count). The SMILES string of the molecule is Cc1cc(C(=O)NC2CCCC2/C(N)=N/O)ccn1. The van der Waals surface area contributed by atoms with E-state index in [1.807, 2.05) is 6.92 Å². The van der Waals surface area contributed by atoms with Crippen molar-refractivity contribution in [3.8, 4) is 0 Å². The number of amidine groups is 1. The molecule has 0 saturated heterocycles. The minimum atomic E-state index is -0.145. The molecule has 4 N–H and O–H groups in total. The molecular formula is C13H18N4O2. The Labute approximate surface area is 111 Å². The van der Waals surface area contributed by atoms with E-state index in [-0.39, 0.29) is 23.7 Å². The van der Waals surface area contributed by atoms with Crippen molar-refractivity contribution in [2.24, 2.45) is 16.8 Å². The van der Waals surface area contributed by atoms with Crippen molar-refractivity contribution in [3.05, 3.63) is 29.6 Å². The fourth-order valence-corrected chi connectivity index (χ4v) is 2.50. The summed E-state index contributed by atoms with van der Waals surface area (Å²) in [7, 11) is 0. The lowest BCUT2D eigenvalue weighted by molar-refractivity contribution is 0.0933. The Morgan fingerprint density at radius 2 is 2.37 bits per heavy atom. The Hall–Kier alpha value is -2.11. The topological polar surface area (TPSA) is 101 Å². The van der Waals surface area contributed by atoms with Gasteiger partial charge in [-0.2, -0.15) is 0 Å². The average molecular weight is 262 g/mol. The minimum absolute atomic E-state index is 0.0723. The highest BCUT2D eigenvalue weighted by Crippen LogP contribution is 2.26. The van der Waals surface area contributed by atoms with Gasteiger partial charge in [0.15, 0.2) is 0 Å². The number of nitrogens with zero attached hydrogens (tertiary/aromatic N) is 2. The summed E-state index contributed by atoms with van der Waals surface area (Å²) in [4.78, 5) is 16.2. The quantitative estimate of drug-likeness (QED) is 0.328. The third-order valence-electron chi connectivity index (χ3n) is 3.49. The number of nitrogens with two attached hydrogens (primary N) is 1. The standard InChI is InChI=1S/C13H18N4O2/c1-8-7-9(5-6-15-8)13(18)16-11-4-2-3-10(11)12(14)17-19/h5-7,10-11,19H,2-4H2,1H3,(H2,14,17)(H,16,18). The van der Waals surface area contributed by atoms with E-state index < -0.39 is 0 Å². The van der Waals surface area contributed by atoms with Crippen LogP contribution in [-0.4, -0.2) is 28.0 Å². The average Bonchev–Trinajstić information content (AvgIpc) is 2.86. The molecule has 2 atom stereocenters. The second-order valence-corrected chi connectivity index (χ2v) is 4.83. The minimum Gasteiger partial charge on any atom is -0.409 e. The number of nitrogens with one attached hydrogen (secondary N) is 1. The van der Waals surface area contributed by atoms with Crippen LogP contribution in [-0.2, 0) is 0 Å². The van der Waals surface area contributed by atoms with Crippen LogP contribution in [0.3, 0.4) is 0 Å². The van der Waals surface area contributed by atoms with Crippen LogP contribution < -0.4 is 11.1 Å². The lowest BCUT2D eigenvalue weighted by Gasteiger charge is -2.19. The van der Waals surface area contributed by atoms with E-state index >= 15 is 0 Å². The molecule has 1 heterocycles. The molecule has 1 aliphatic carbocycles. The summed E-state index contributed by atoms with van der Waals surface area (Å²) in [5.41, 5.74) is 7.03. The van der Waals surface area contributed by atoms with Crippen molar-refractivity contribution in [2.75, 3.05) is 0 Å². The zero-order valence-corrected chi connectivity index (χ0v) is 10.8. The molecule has 0 bridgehead atoms. The second kappa shape index (κ2) is 5.69. The van der Waals surface area contributed by atoms with E-state index in [0.29, 0.717) is 5.56 Å². The maximum absolute atomic E-state index is 12.1. The van der Waals surface area contributed by atoms with Crippen molar-refractivity contribution in [1.82, 2.24) is 10.3 Å². The number of pyridine rings is 1. The van der Waals surface area contributed by atoms with E-state index in [4.69, 9.17) is 10.9 Å². The smallest absolute Gasteiger partial charge is 0.251 e. The van der Waals surface area contributed by atoms with Crippen LogP contribution in [0.4, 0.5) is 0 Å². The van der Waals surface area contributed by atoms with Gasteiger partial charge in [-0.1, -0.05) is 11.6 Å². The molecule has 6 nitrogen and oxygen atoms in total. The lowest BCUT2D eigenvalue weighted by atomic mass is 10.0. The number of amides is 1. The first-order valence-electron chi connectivity index (χ1n) is 6.32. The van der Waals surface area contributed by atoms with Gasteiger partial charge in [-0.25, -0.2) is 0 Å². The highest BCUT2D eigenvalue weighted by molar-refractivity contribution is 5.95. The number of rotatable bonds is 3. The van der Waals surface area contributed by atoms with E-state index in [9.17, 15) is 4.79 Å². The summed E-state index contributed by atoms with van der Waals surface area (Å²) < 4.78 is 0. The van der Waals surface area contributed by atoms with E-state index in [0.717, 1.165) is 25.0 Å². The van der Waals surface area contributed by atoms with Gasteiger partial charge in [0.2, 0.25) is 0 Å². The first kappa shape index (κ1) is 13.3. The summed E-state index contributed by atoms with van der Waals surface area (Å²) in [5, 5.41) is 14.7. The van der Waals surface area contributed by atoms with Crippen LogP contribution in [0.1, 0.15) is 35.3 Å². The van der Waals surface area contributed by atoms with Gasteiger partial charge in [0, 0.05) is 29.4 Å². The highest BCUT2D eigenvalue weighted by Gasteiger charge is 2.31.